The lowest BCUT2D eigenvalue weighted by Crippen LogP contribution is -2.11. The molecule has 2 aromatic rings. The summed E-state index contributed by atoms with van der Waals surface area (Å²) in [4.78, 5) is 7.18. The van der Waals surface area contributed by atoms with Gasteiger partial charge < -0.3 is 5.11 Å². The van der Waals surface area contributed by atoms with Crippen molar-refractivity contribution in [3.63, 3.8) is 0 Å². The average Bonchev–Trinajstić information content (AvgIpc) is 2.96. The van der Waals surface area contributed by atoms with Crippen molar-refractivity contribution in [2.75, 3.05) is 0 Å². The molecule has 0 aliphatic heterocycles. The predicted molar refractivity (Wildman–Crippen MR) is 83.2 cm³/mol. The second kappa shape index (κ2) is 5.73. The number of aryl methyl sites for hydroxylation is 1. The van der Waals surface area contributed by atoms with Gasteiger partial charge in [-0.05, 0) is 18.6 Å². The van der Waals surface area contributed by atoms with Crippen molar-refractivity contribution in [3.05, 3.63) is 38.0 Å². The molecular weight excluding hydrogens is 274 g/mol. The Morgan fingerprint density at radius 1 is 1.26 bits per heavy atom. The van der Waals surface area contributed by atoms with Gasteiger partial charge in [-0.1, -0.05) is 27.7 Å². The SMILES string of the molecule is CCc1ccc(CC(O)c2csc(C(C)(C)C)n2)s1. The molecule has 1 N–H and O–H groups in total. The summed E-state index contributed by atoms with van der Waals surface area (Å²) in [5, 5.41) is 13.4. The highest BCUT2D eigenvalue weighted by Gasteiger charge is 2.20. The van der Waals surface area contributed by atoms with Gasteiger partial charge in [-0.25, -0.2) is 4.98 Å². The summed E-state index contributed by atoms with van der Waals surface area (Å²) >= 11 is 3.42. The lowest BCUT2D eigenvalue weighted by molar-refractivity contribution is 0.175. The first-order chi connectivity index (χ1) is 8.90. The van der Waals surface area contributed by atoms with Crippen molar-refractivity contribution in [1.82, 2.24) is 4.98 Å². The highest BCUT2D eigenvalue weighted by Crippen LogP contribution is 2.29. The molecule has 0 saturated carbocycles. The van der Waals surface area contributed by atoms with Crippen LogP contribution in [0.1, 0.15) is 54.3 Å². The van der Waals surface area contributed by atoms with E-state index in [1.54, 1.807) is 22.7 Å². The van der Waals surface area contributed by atoms with E-state index in [1.807, 2.05) is 5.38 Å². The molecule has 2 rings (SSSR count). The Bertz CT molecular complexity index is 536. The monoisotopic (exact) mass is 295 g/mol. The molecule has 2 heterocycles. The highest BCUT2D eigenvalue weighted by molar-refractivity contribution is 7.12. The quantitative estimate of drug-likeness (QED) is 0.910. The Labute approximate surface area is 123 Å². The molecule has 0 amide bonds. The Kier molecular flexibility index (Phi) is 4.43. The molecule has 0 saturated heterocycles. The first-order valence-electron chi connectivity index (χ1n) is 6.61. The topological polar surface area (TPSA) is 33.1 Å². The van der Waals surface area contributed by atoms with Crippen LogP contribution in [-0.2, 0) is 18.3 Å². The number of nitrogens with zero attached hydrogens (tertiary/aromatic N) is 1. The van der Waals surface area contributed by atoms with E-state index in [2.05, 4.69) is 44.8 Å². The van der Waals surface area contributed by atoms with Crippen molar-refractivity contribution in [2.45, 2.75) is 52.1 Å². The summed E-state index contributed by atoms with van der Waals surface area (Å²) in [7, 11) is 0. The Hall–Kier alpha value is -0.710. The van der Waals surface area contributed by atoms with Gasteiger partial charge in [0, 0.05) is 27.0 Å². The second-order valence-corrected chi connectivity index (χ2v) is 7.88. The van der Waals surface area contributed by atoms with E-state index >= 15 is 0 Å². The number of aromatic nitrogens is 1. The van der Waals surface area contributed by atoms with Crippen molar-refractivity contribution in [3.8, 4) is 0 Å². The molecule has 104 valence electrons. The zero-order valence-electron chi connectivity index (χ0n) is 11.9. The minimum absolute atomic E-state index is 0.0565. The van der Waals surface area contributed by atoms with E-state index in [1.165, 1.54) is 9.75 Å². The second-order valence-electron chi connectivity index (χ2n) is 5.77. The summed E-state index contributed by atoms with van der Waals surface area (Å²) in [6, 6.07) is 4.26. The van der Waals surface area contributed by atoms with E-state index in [0.717, 1.165) is 17.1 Å². The van der Waals surface area contributed by atoms with Crippen LogP contribution in [-0.4, -0.2) is 10.1 Å². The third kappa shape index (κ3) is 3.65. The molecule has 19 heavy (non-hydrogen) atoms. The fourth-order valence-corrected chi connectivity index (χ4v) is 3.75. The van der Waals surface area contributed by atoms with Gasteiger partial charge in [-0.3, -0.25) is 0 Å². The third-order valence-electron chi connectivity index (χ3n) is 2.97. The fourth-order valence-electron chi connectivity index (χ4n) is 1.80. The van der Waals surface area contributed by atoms with E-state index in [0.29, 0.717) is 6.42 Å². The third-order valence-corrected chi connectivity index (χ3v) is 5.50. The molecule has 0 fully saturated rings. The van der Waals surface area contributed by atoms with Gasteiger partial charge in [0.05, 0.1) is 10.7 Å². The van der Waals surface area contributed by atoms with Crippen LogP contribution in [0.4, 0.5) is 0 Å². The maximum Gasteiger partial charge on any atom is 0.102 e. The first kappa shape index (κ1) is 14.7. The van der Waals surface area contributed by atoms with Crippen molar-refractivity contribution in [1.29, 1.82) is 0 Å². The number of aliphatic hydroxyl groups is 1. The Morgan fingerprint density at radius 2 is 1.95 bits per heavy atom. The van der Waals surface area contributed by atoms with Crippen LogP contribution in [0.25, 0.3) is 0 Å². The summed E-state index contributed by atoms with van der Waals surface area (Å²) in [6.07, 6.45) is 1.24. The molecule has 0 aliphatic rings. The molecule has 1 unspecified atom stereocenters. The molecule has 0 radical (unpaired) electrons. The van der Waals surface area contributed by atoms with Crippen LogP contribution in [0.5, 0.6) is 0 Å². The van der Waals surface area contributed by atoms with Crippen molar-refractivity contribution in [2.24, 2.45) is 0 Å². The van der Waals surface area contributed by atoms with Crippen LogP contribution < -0.4 is 0 Å². The van der Waals surface area contributed by atoms with E-state index in [-0.39, 0.29) is 5.41 Å². The maximum absolute atomic E-state index is 10.3. The van der Waals surface area contributed by atoms with Crippen LogP contribution in [0.15, 0.2) is 17.5 Å². The van der Waals surface area contributed by atoms with Gasteiger partial charge in [-0.15, -0.1) is 22.7 Å². The number of hydrogen-bond donors (Lipinski definition) is 1. The zero-order chi connectivity index (χ0) is 14.0. The summed E-state index contributed by atoms with van der Waals surface area (Å²) in [5.74, 6) is 0. The largest absolute Gasteiger partial charge is 0.386 e. The van der Waals surface area contributed by atoms with Crippen LogP contribution in [0, 0.1) is 0 Å². The lowest BCUT2D eigenvalue weighted by atomic mass is 9.98. The van der Waals surface area contributed by atoms with E-state index < -0.39 is 6.10 Å². The summed E-state index contributed by atoms with van der Waals surface area (Å²) in [5.41, 5.74) is 0.863. The normalized spacial score (nSPS) is 13.7. The number of rotatable bonds is 4. The minimum atomic E-state index is -0.490. The van der Waals surface area contributed by atoms with Crippen LogP contribution in [0.2, 0.25) is 0 Å². The highest BCUT2D eigenvalue weighted by atomic mass is 32.1. The van der Waals surface area contributed by atoms with Gasteiger partial charge in [0.15, 0.2) is 0 Å². The Morgan fingerprint density at radius 3 is 2.47 bits per heavy atom. The number of aliphatic hydroxyl groups excluding tert-OH is 1. The molecule has 0 spiro atoms. The lowest BCUT2D eigenvalue weighted by Gasteiger charge is -2.14. The van der Waals surface area contributed by atoms with Crippen molar-refractivity contribution < 1.29 is 5.11 Å². The molecule has 4 heteroatoms. The van der Waals surface area contributed by atoms with Crippen LogP contribution >= 0.6 is 22.7 Å². The van der Waals surface area contributed by atoms with Gasteiger partial charge in [0.2, 0.25) is 0 Å². The molecule has 0 bridgehead atoms. The van der Waals surface area contributed by atoms with Crippen LogP contribution in [0.3, 0.4) is 0 Å². The molecule has 0 aromatic carbocycles. The average molecular weight is 295 g/mol. The summed E-state index contributed by atoms with van der Waals surface area (Å²) < 4.78 is 0. The Balaban J connectivity index is 2.07. The van der Waals surface area contributed by atoms with Gasteiger partial charge in [0.25, 0.3) is 0 Å². The summed E-state index contributed by atoms with van der Waals surface area (Å²) in [6.45, 7) is 8.60. The standard InChI is InChI=1S/C15H21NOS2/c1-5-10-6-7-11(19-10)8-13(17)12-9-18-14(16-12)15(2,3)4/h6-7,9,13,17H,5,8H2,1-4H3. The number of hydrogen-bond acceptors (Lipinski definition) is 4. The van der Waals surface area contributed by atoms with Crippen molar-refractivity contribution >= 4 is 22.7 Å². The predicted octanol–water partition coefficient (Wildman–Crippen LogP) is 4.34. The first-order valence-corrected chi connectivity index (χ1v) is 8.31. The molecule has 0 aliphatic carbocycles. The zero-order valence-corrected chi connectivity index (χ0v) is 13.6. The van der Waals surface area contributed by atoms with E-state index in [9.17, 15) is 5.11 Å². The molecule has 2 aromatic heterocycles. The maximum atomic E-state index is 10.3. The van der Waals surface area contributed by atoms with Gasteiger partial charge in [-0.2, -0.15) is 0 Å². The molecule has 1 atom stereocenters. The molecular formula is C15H21NOS2. The van der Waals surface area contributed by atoms with Gasteiger partial charge >= 0.3 is 0 Å². The number of thiazole rings is 1. The fraction of sp³-hybridized carbons (Fsp3) is 0.533. The minimum Gasteiger partial charge on any atom is -0.386 e. The molecule has 2 nitrogen and oxygen atoms in total. The van der Waals surface area contributed by atoms with E-state index in [4.69, 9.17) is 0 Å². The number of thiophene rings is 1. The van der Waals surface area contributed by atoms with Gasteiger partial charge in [0.1, 0.15) is 6.10 Å². The smallest absolute Gasteiger partial charge is 0.102 e.